The van der Waals surface area contributed by atoms with Gasteiger partial charge in [0.2, 0.25) is 0 Å². The Kier molecular flexibility index (Phi) is 16.8. The molecule has 8 heteroatoms. The maximum atomic E-state index is 13.8. The van der Waals surface area contributed by atoms with Crippen LogP contribution in [0.25, 0.3) is 66.8 Å². The molecule has 0 amide bonds. The molecule has 1 aliphatic carbocycles. The van der Waals surface area contributed by atoms with Crippen LogP contribution in [0.3, 0.4) is 0 Å². The van der Waals surface area contributed by atoms with E-state index in [0.717, 1.165) is 69.4 Å². The van der Waals surface area contributed by atoms with Gasteiger partial charge < -0.3 is 4.42 Å². The minimum absolute atomic E-state index is 0. The summed E-state index contributed by atoms with van der Waals surface area (Å²) in [6.45, 7) is 13.9. The average molecular weight is 1100 g/mol. The van der Waals surface area contributed by atoms with Gasteiger partial charge in [-0.25, -0.2) is 8.78 Å². The van der Waals surface area contributed by atoms with Crippen molar-refractivity contribution in [2.24, 2.45) is 5.92 Å². The van der Waals surface area contributed by atoms with E-state index in [1.807, 2.05) is 73.1 Å². The average Bonchev–Trinajstić information content (AvgIpc) is 3.74. The molecule has 4 nitrogen and oxygen atoms in total. The predicted octanol–water partition coefficient (Wildman–Crippen LogP) is 16.4. The summed E-state index contributed by atoms with van der Waals surface area (Å²) >= 11 is 0. The van der Waals surface area contributed by atoms with Crippen molar-refractivity contribution in [1.82, 2.24) is 15.0 Å². The van der Waals surface area contributed by atoms with Crippen LogP contribution in [0.15, 0.2) is 169 Å². The van der Waals surface area contributed by atoms with Crippen molar-refractivity contribution < 1.29 is 33.3 Å². The van der Waals surface area contributed by atoms with Crippen LogP contribution in [0, 0.1) is 17.6 Å². The first-order valence-electron chi connectivity index (χ1n) is 23.9. The number of pyridine rings is 3. The van der Waals surface area contributed by atoms with Gasteiger partial charge in [-0.05, 0) is 118 Å². The number of fused-ring (bicyclic) bond motifs is 3. The number of benzene rings is 5. The molecule has 9 aromatic rings. The third-order valence-corrected chi connectivity index (χ3v) is 14.9. The zero-order chi connectivity index (χ0) is 46.9. The van der Waals surface area contributed by atoms with Gasteiger partial charge in [-0.3, -0.25) is 15.0 Å². The van der Waals surface area contributed by atoms with E-state index in [4.69, 9.17) is 9.40 Å². The Morgan fingerprint density at radius 2 is 1.21 bits per heavy atom. The molecule has 68 heavy (non-hydrogen) atoms. The Balaban J connectivity index is 0.000000170. The molecule has 0 aliphatic heterocycles. The van der Waals surface area contributed by atoms with Gasteiger partial charge in [0.05, 0.1) is 25.2 Å². The molecule has 1 radical (unpaired) electrons. The first kappa shape index (κ1) is 50.0. The van der Waals surface area contributed by atoms with Gasteiger partial charge in [0.1, 0.15) is 11.2 Å². The minimum Gasteiger partial charge on any atom is -0.455 e. The van der Waals surface area contributed by atoms with Crippen LogP contribution in [-0.2, 0) is 32.9 Å². The van der Waals surface area contributed by atoms with Gasteiger partial charge in [0, 0.05) is 66.2 Å². The van der Waals surface area contributed by atoms with Crippen molar-refractivity contribution in [2.45, 2.75) is 91.3 Å². The largest absolute Gasteiger partial charge is 0.455 e. The summed E-state index contributed by atoms with van der Waals surface area (Å²) in [6, 6.07) is 47.4. The third kappa shape index (κ3) is 12.2. The fourth-order valence-corrected chi connectivity index (χ4v) is 10.8. The molecule has 0 saturated heterocycles. The molecule has 1 fully saturated rings. The number of halogens is 2. The molecule has 1 aliphatic rings. The van der Waals surface area contributed by atoms with Crippen LogP contribution in [-0.4, -0.2) is 23.0 Å². The van der Waals surface area contributed by atoms with E-state index >= 15 is 0 Å². The van der Waals surface area contributed by atoms with Crippen LogP contribution >= 0.6 is 0 Å². The first-order chi connectivity index (χ1) is 32.4. The van der Waals surface area contributed by atoms with Crippen LogP contribution in [0.5, 0.6) is 0 Å². The molecule has 0 unspecified atom stereocenters. The van der Waals surface area contributed by atoms with Gasteiger partial charge in [-0.15, -0.1) is 0 Å². The monoisotopic (exact) mass is 1100 g/mol. The second-order valence-corrected chi connectivity index (χ2v) is 24.1. The molecule has 0 spiro atoms. The predicted molar refractivity (Wildman–Crippen MR) is 278 cm³/mol. The van der Waals surface area contributed by atoms with Crippen molar-refractivity contribution in [3.05, 3.63) is 193 Å². The number of furan rings is 1. The number of aryl methyl sites for hydroxylation is 1. The Labute approximate surface area is 415 Å². The topological polar surface area (TPSA) is 51.8 Å². The summed E-state index contributed by atoms with van der Waals surface area (Å²) in [6.07, 6.45) is 14.7. The number of hydrogen-bond donors (Lipinski definition) is 0. The molecule has 4 aromatic heterocycles. The van der Waals surface area contributed by atoms with Crippen LogP contribution in [0.4, 0.5) is 8.78 Å². The quantitative estimate of drug-likeness (QED) is 0.135. The normalized spacial score (nSPS) is 12.8. The van der Waals surface area contributed by atoms with Gasteiger partial charge in [-0.1, -0.05) is 157 Å². The van der Waals surface area contributed by atoms with Gasteiger partial charge in [0.15, 0.2) is 11.6 Å². The Bertz CT molecular complexity index is 3070. The van der Waals surface area contributed by atoms with Crippen LogP contribution in [0.1, 0.15) is 75.5 Å². The van der Waals surface area contributed by atoms with E-state index in [-0.39, 0.29) is 20.1 Å². The molecule has 0 bridgehead atoms. The standard InChI is InChI=1S/C30H25F2NO.C17H23NSi.C13H13N.Ir/c31-26-12-10-21(17-27(26)32)22-9-11-23-24-7-4-8-25(30(24)34-29(23)18-22)28-16-20(13-14-33-28)15-19-5-2-1-3-6-19;1-13(2)15-11-16(14-9-7-6-8-10-14)18-12-17(15)19(3,4)5;1-2-11-8-9-14-13(10-11)12-6-4-3-5-7-12;/h4,7-14,16-19H,1-3,5-6,15H2;6-13H,1-5H3;3-10H,2H2,1H3;. The Hall–Kier alpha value is -5.92. The van der Waals surface area contributed by atoms with E-state index in [9.17, 15) is 8.78 Å². The molecular weight excluding hydrogens is 1040 g/mol. The van der Waals surface area contributed by atoms with E-state index in [2.05, 4.69) is 123 Å². The smallest absolute Gasteiger partial charge is 0.159 e. The fraction of sp³-hybridized carbons (Fsp3) is 0.250. The second kappa shape index (κ2) is 22.9. The summed E-state index contributed by atoms with van der Waals surface area (Å²) in [5, 5.41) is 3.49. The molecule has 1 saturated carbocycles. The van der Waals surface area contributed by atoms with Crippen molar-refractivity contribution in [3.8, 4) is 44.9 Å². The van der Waals surface area contributed by atoms with Gasteiger partial charge in [0.25, 0.3) is 0 Å². The second-order valence-electron chi connectivity index (χ2n) is 19.1. The number of hydrogen-bond acceptors (Lipinski definition) is 4. The summed E-state index contributed by atoms with van der Waals surface area (Å²) in [7, 11) is -1.33. The Morgan fingerprint density at radius 1 is 0.588 bits per heavy atom. The SMILES string of the molecule is CC(C)c1cc(-c2ccccc2)ncc1[Si](C)(C)C.CCc1ccnc(-c2ccccc2)c1.Fc1ccc(-c2ccc3c(c2)oc2c(-c4cc(CC5CCCCC5)ccn4)cccc23)cc1F.[Ir]. The van der Waals surface area contributed by atoms with E-state index in [1.165, 1.54) is 71.2 Å². The molecule has 0 atom stereocenters. The summed E-state index contributed by atoms with van der Waals surface area (Å²) < 4.78 is 33.5. The van der Waals surface area contributed by atoms with E-state index in [0.29, 0.717) is 17.1 Å². The van der Waals surface area contributed by atoms with Crippen molar-refractivity contribution in [1.29, 1.82) is 0 Å². The minimum atomic E-state index is -1.33. The fourth-order valence-electron chi connectivity index (χ4n) is 9.13. The summed E-state index contributed by atoms with van der Waals surface area (Å²) in [5.74, 6) is -0.395. The number of rotatable bonds is 9. The first-order valence-corrected chi connectivity index (χ1v) is 27.4. The zero-order valence-electron chi connectivity index (χ0n) is 40.0. The van der Waals surface area contributed by atoms with Crippen molar-refractivity contribution >= 4 is 35.2 Å². The molecule has 5 aromatic carbocycles. The van der Waals surface area contributed by atoms with Crippen LogP contribution in [0.2, 0.25) is 19.6 Å². The summed E-state index contributed by atoms with van der Waals surface area (Å²) in [5.41, 5.74) is 13.4. The molecule has 10 rings (SSSR count). The Morgan fingerprint density at radius 3 is 1.85 bits per heavy atom. The molecule has 4 heterocycles. The number of aromatic nitrogens is 3. The van der Waals surface area contributed by atoms with E-state index < -0.39 is 19.7 Å². The van der Waals surface area contributed by atoms with Gasteiger partial charge in [-0.2, -0.15) is 0 Å². The van der Waals surface area contributed by atoms with Crippen molar-refractivity contribution in [2.75, 3.05) is 0 Å². The third-order valence-electron chi connectivity index (χ3n) is 12.8. The molecular formula is C60H61F2IrN3OSi. The van der Waals surface area contributed by atoms with Crippen LogP contribution < -0.4 is 5.19 Å². The maximum Gasteiger partial charge on any atom is 0.159 e. The number of nitrogens with zero attached hydrogens (tertiary/aromatic N) is 3. The summed E-state index contributed by atoms with van der Waals surface area (Å²) in [4.78, 5) is 13.7. The maximum absolute atomic E-state index is 13.8. The van der Waals surface area contributed by atoms with E-state index in [1.54, 1.807) is 6.07 Å². The zero-order valence-corrected chi connectivity index (χ0v) is 43.4. The molecule has 349 valence electrons. The molecule has 0 N–H and O–H groups in total. The van der Waals surface area contributed by atoms with Gasteiger partial charge >= 0.3 is 0 Å². The number of para-hydroxylation sites is 1. The van der Waals surface area contributed by atoms with Crippen molar-refractivity contribution in [3.63, 3.8) is 0 Å².